The third-order valence-corrected chi connectivity index (χ3v) is 8.46. The number of carboxylic acids is 2. The first-order chi connectivity index (χ1) is 19.9. The second-order valence-electron chi connectivity index (χ2n) is 11.1. The van der Waals surface area contributed by atoms with Crippen LogP contribution in [0.25, 0.3) is 11.0 Å². The molecule has 230 valence electrons. The maximum absolute atomic E-state index is 13.7. The fraction of sp³-hybridized carbons (Fsp3) is 0.567. The molecule has 12 nitrogen and oxygen atoms in total. The number of imidazole rings is 1. The van der Waals surface area contributed by atoms with Crippen molar-refractivity contribution in [1.82, 2.24) is 20.2 Å². The number of amides is 1. The van der Waals surface area contributed by atoms with E-state index >= 15 is 0 Å². The third kappa shape index (κ3) is 7.87. The van der Waals surface area contributed by atoms with Gasteiger partial charge in [-0.3, -0.25) is 9.69 Å². The van der Waals surface area contributed by atoms with E-state index in [0.717, 1.165) is 69.3 Å². The first-order valence-corrected chi connectivity index (χ1v) is 14.5. The van der Waals surface area contributed by atoms with Crippen LogP contribution in [0.3, 0.4) is 0 Å². The van der Waals surface area contributed by atoms with E-state index in [-0.39, 0.29) is 11.8 Å². The number of aromatic amines is 1. The Bertz CT molecular complexity index is 1300. The number of hydrogen-bond donors (Lipinski definition) is 4. The number of ether oxygens (including phenoxy) is 1. The molecule has 2 aliphatic rings. The summed E-state index contributed by atoms with van der Waals surface area (Å²) in [6.45, 7) is 12.9. The van der Waals surface area contributed by atoms with Crippen molar-refractivity contribution >= 4 is 40.5 Å². The molecule has 0 unspecified atom stereocenters. The van der Waals surface area contributed by atoms with Crippen molar-refractivity contribution < 1.29 is 34.1 Å². The predicted octanol–water partition coefficient (Wildman–Crippen LogP) is 3.99. The topological polar surface area (TPSA) is 165 Å². The van der Waals surface area contributed by atoms with Gasteiger partial charge < -0.3 is 30.2 Å². The number of Topliss-reactive ketones (excluding diaryl/α,β-unsaturated/α-hetero) is 1. The fourth-order valence-corrected chi connectivity index (χ4v) is 5.92. The highest BCUT2D eigenvalue weighted by molar-refractivity contribution is 6.00. The van der Waals surface area contributed by atoms with Crippen molar-refractivity contribution in [2.24, 2.45) is 5.41 Å². The molecule has 42 heavy (non-hydrogen) atoms. The van der Waals surface area contributed by atoms with Gasteiger partial charge in [0.15, 0.2) is 5.82 Å². The quantitative estimate of drug-likeness (QED) is 0.263. The molecule has 4 rings (SSSR count). The number of anilines is 1. The average Bonchev–Trinajstić information content (AvgIpc) is 3.38. The number of carbonyl (C=O) groups excluding carboxylic acids is 2. The minimum absolute atomic E-state index is 0.0518. The van der Waals surface area contributed by atoms with Gasteiger partial charge in [0.05, 0.1) is 18.1 Å². The lowest BCUT2D eigenvalue weighted by Crippen LogP contribution is -2.52. The van der Waals surface area contributed by atoms with Crippen molar-refractivity contribution in [3.8, 4) is 0 Å². The van der Waals surface area contributed by atoms with Crippen molar-refractivity contribution in [3.05, 3.63) is 35.7 Å². The fourth-order valence-electron chi connectivity index (χ4n) is 5.92. The normalized spacial score (nSPS) is 22.8. The molecule has 1 atom stereocenters. The van der Waals surface area contributed by atoms with Crippen LogP contribution < -0.4 is 10.2 Å². The van der Waals surface area contributed by atoms with Crippen LogP contribution in [0, 0.1) is 12.3 Å². The van der Waals surface area contributed by atoms with Gasteiger partial charge in [0.25, 0.3) is 0 Å². The van der Waals surface area contributed by atoms with E-state index < -0.39 is 23.4 Å². The molecule has 4 N–H and O–H groups in total. The number of aliphatic carboxylic acids is 2. The number of likely N-dealkylation sites (N-methyl/N-ethyl adjacent to an activating group) is 1. The Morgan fingerprint density at radius 1 is 1.12 bits per heavy atom. The first-order valence-electron chi connectivity index (χ1n) is 14.5. The zero-order chi connectivity index (χ0) is 31.0. The average molecular weight is 586 g/mol. The number of methoxy groups -OCH3 is 1. The van der Waals surface area contributed by atoms with E-state index in [1.807, 2.05) is 0 Å². The van der Waals surface area contributed by atoms with E-state index in [1.165, 1.54) is 18.4 Å². The predicted molar refractivity (Wildman–Crippen MR) is 159 cm³/mol. The number of alkyl carbamates (subject to hydrolysis) is 1. The molecular formula is C30H43N5O7. The van der Waals surface area contributed by atoms with Gasteiger partial charge in [-0.15, -0.1) is 0 Å². The summed E-state index contributed by atoms with van der Waals surface area (Å²) in [6.07, 6.45) is 4.46. The van der Waals surface area contributed by atoms with Crippen molar-refractivity contribution in [2.75, 3.05) is 38.2 Å². The number of rotatable bonds is 8. The highest BCUT2D eigenvalue weighted by Gasteiger charge is 2.42. The number of ketones is 1. The zero-order valence-electron chi connectivity index (χ0n) is 25.1. The summed E-state index contributed by atoms with van der Waals surface area (Å²) >= 11 is 0. The van der Waals surface area contributed by atoms with Gasteiger partial charge in [-0.1, -0.05) is 13.8 Å². The Kier molecular flexibility index (Phi) is 11.1. The lowest BCUT2D eigenvalue weighted by atomic mass is 9.68. The van der Waals surface area contributed by atoms with Gasteiger partial charge in [0.1, 0.15) is 0 Å². The van der Waals surface area contributed by atoms with Crippen molar-refractivity contribution in [1.29, 1.82) is 0 Å². The number of aromatic nitrogens is 2. The molecule has 2 aromatic rings. The Morgan fingerprint density at radius 2 is 1.76 bits per heavy atom. The summed E-state index contributed by atoms with van der Waals surface area (Å²) in [5.74, 6) is -1.97. The van der Waals surface area contributed by atoms with Crippen LogP contribution >= 0.6 is 0 Å². The molecule has 0 bridgehead atoms. The Balaban J connectivity index is 0.000000531. The second-order valence-corrected chi connectivity index (χ2v) is 11.1. The number of nitrogens with one attached hydrogen (secondary N) is 2. The number of carbonyl (C=O) groups is 4. The summed E-state index contributed by atoms with van der Waals surface area (Å²) in [6, 6.07) is 4.76. The highest BCUT2D eigenvalue weighted by atomic mass is 16.5. The second kappa shape index (κ2) is 14.3. The molecule has 2 fully saturated rings. The maximum Gasteiger partial charge on any atom is 0.407 e. The molecule has 1 aromatic carbocycles. The molecule has 1 saturated carbocycles. The van der Waals surface area contributed by atoms with Gasteiger partial charge in [0.2, 0.25) is 5.78 Å². The summed E-state index contributed by atoms with van der Waals surface area (Å²) in [7, 11) is 1.37. The lowest BCUT2D eigenvalue weighted by Gasteiger charge is -2.41. The van der Waals surface area contributed by atoms with Crippen LogP contribution in [0.2, 0.25) is 0 Å². The number of carboxylic acid groups (broad SMARTS) is 2. The first kappa shape index (κ1) is 32.6. The number of piperazine rings is 1. The van der Waals surface area contributed by atoms with Gasteiger partial charge >= 0.3 is 18.0 Å². The van der Waals surface area contributed by atoms with Gasteiger partial charge in [-0.25, -0.2) is 19.4 Å². The standard InChI is InChI=1S/C26H39N5O3.C4H4O4/c1-6-26(10-8-19(9-11-26)27-25(33)34-5)23(32)24-28-20-14-17(3)22(15-21(20)29-24)31-13-12-30(7-2)16-18(31)4;5-3(6)1-2-4(7)8/h14-15,18-19H,6-13,16H2,1-5H3,(H,27,33)(H,28,29);1-2H,(H,5,6)(H,7,8)/b;2-1+/t18-,19?,26?;/m1./s1. The van der Waals surface area contributed by atoms with Crippen molar-refractivity contribution in [2.45, 2.75) is 71.9 Å². The van der Waals surface area contributed by atoms with E-state index in [4.69, 9.17) is 19.9 Å². The Labute approximate surface area is 246 Å². The number of aryl methyl sites for hydroxylation is 1. The SMILES string of the molecule is CCN1CCN(c2cc3[nH]c(C(=O)C4(CC)CCC(NC(=O)OC)CC4)nc3cc2C)[C@H](C)C1.O=C(O)/C=C/C(=O)O. The van der Waals surface area contributed by atoms with Crippen molar-refractivity contribution in [3.63, 3.8) is 0 Å². The molecule has 12 heteroatoms. The molecule has 1 amide bonds. The van der Waals surface area contributed by atoms with Crippen LogP contribution in [0.4, 0.5) is 10.5 Å². The van der Waals surface area contributed by atoms with Crippen LogP contribution in [0.1, 0.15) is 69.1 Å². The minimum atomic E-state index is -1.26. The van der Waals surface area contributed by atoms with Gasteiger partial charge in [-0.2, -0.15) is 0 Å². The maximum atomic E-state index is 13.7. The number of hydrogen-bond acceptors (Lipinski definition) is 8. The molecule has 1 saturated heterocycles. The number of nitrogens with zero attached hydrogens (tertiary/aromatic N) is 3. The van der Waals surface area contributed by atoms with E-state index in [0.29, 0.717) is 24.0 Å². The number of fused-ring (bicyclic) bond motifs is 1. The van der Waals surface area contributed by atoms with Crippen LogP contribution in [-0.4, -0.2) is 94.3 Å². The zero-order valence-corrected chi connectivity index (χ0v) is 25.1. The molecule has 1 aliphatic carbocycles. The third-order valence-electron chi connectivity index (χ3n) is 8.46. The summed E-state index contributed by atoms with van der Waals surface area (Å²) < 4.78 is 4.72. The molecule has 1 aliphatic heterocycles. The Morgan fingerprint density at radius 3 is 2.29 bits per heavy atom. The molecule has 1 aromatic heterocycles. The monoisotopic (exact) mass is 585 g/mol. The largest absolute Gasteiger partial charge is 0.478 e. The van der Waals surface area contributed by atoms with Crippen LogP contribution in [0.15, 0.2) is 24.3 Å². The Hall–Kier alpha value is -3.93. The smallest absolute Gasteiger partial charge is 0.407 e. The van der Waals surface area contributed by atoms with E-state index in [2.05, 4.69) is 59.9 Å². The highest BCUT2D eigenvalue weighted by Crippen LogP contribution is 2.42. The van der Waals surface area contributed by atoms with Gasteiger partial charge in [0, 0.05) is 55.0 Å². The lowest BCUT2D eigenvalue weighted by molar-refractivity contribution is -0.134. The molecule has 0 radical (unpaired) electrons. The molecule has 0 spiro atoms. The summed E-state index contributed by atoms with van der Waals surface area (Å²) in [5.41, 5.74) is 3.73. The minimum Gasteiger partial charge on any atom is -0.478 e. The molecular weight excluding hydrogens is 542 g/mol. The number of benzene rings is 1. The molecule has 2 heterocycles. The van der Waals surface area contributed by atoms with Gasteiger partial charge in [-0.05, 0) is 70.2 Å². The van der Waals surface area contributed by atoms with E-state index in [9.17, 15) is 19.2 Å². The van der Waals surface area contributed by atoms with E-state index in [1.54, 1.807) is 0 Å². The summed E-state index contributed by atoms with van der Waals surface area (Å²) in [5, 5.41) is 18.5. The van der Waals surface area contributed by atoms with Crippen LogP contribution in [0.5, 0.6) is 0 Å². The summed E-state index contributed by atoms with van der Waals surface area (Å²) in [4.78, 5) is 57.4. The number of H-pyrrole nitrogens is 1. The van der Waals surface area contributed by atoms with Crippen LogP contribution in [-0.2, 0) is 14.3 Å².